The number of nitrogens with one attached hydrogen (secondary N) is 2. The second kappa shape index (κ2) is 6.67. The van der Waals surface area contributed by atoms with Gasteiger partial charge in [-0.1, -0.05) is 6.92 Å². The van der Waals surface area contributed by atoms with Crippen LogP contribution in [0.4, 0.5) is 4.79 Å². The van der Waals surface area contributed by atoms with Crippen molar-refractivity contribution in [2.75, 3.05) is 6.61 Å². The Morgan fingerprint density at radius 3 is 2.53 bits per heavy atom. The molecule has 0 heterocycles. The molecule has 0 radical (unpaired) electrons. The first-order chi connectivity index (χ1) is 6.91. The van der Waals surface area contributed by atoms with Gasteiger partial charge < -0.3 is 15.7 Å². The normalized spacial score (nSPS) is 13.4. The average molecular weight is 216 g/mol. The number of carbonyl (C=O) groups is 1. The van der Waals surface area contributed by atoms with Crippen molar-refractivity contribution in [1.29, 1.82) is 0 Å². The molecule has 0 aliphatic carbocycles. The SMILES string of the molecule is CCC(C)(C)NC(=O)NC(C)CCCO. The molecule has 0 fully saturated rings. The van der Waals surface area contributed by atoms with Gasteiger partial charge in [-0.2, -0.15) is 0 Å². The Morgan fingerprint density at radius 1 is 1.47 bits per heavy atom. The molecular formula is C11H24N2O2. The highest BCUT2D eigenvalue weighted by Gasteiger charge is 2.18. The quantitative estimate of drug-likeness (QED) is 0.632. The van der Waals surface area contributed by atoms with Crippen molar-refractivity contribution in [3.8, 4) is 0 Å². The molecule has 0 saturated carbocycles. The maximum absolute atomic E-state index is 11.5. The second-order valence-corrected chi connectivity index (χ2v) is 4.60. The number of carbonyl (C=O) groups excluding carboxylic acids is 1. The van der Waals surface area contributed by atoms with Crippen molar-refractivity contribution in [3.63, 3.8) is 0 Å². The molecule has 1 atom stereocenters. The second-order valence-electron chi connectivity index (χ2n) is 4.60. The highest BCUT2D eigenvalue weighted by atomic mass is 16.3. The van der Waals surface area contributed by atoms with Crippen LogP contribution in [-0.4, -0.2) is 29.3 Å². The maximum atomic E-state index is 11.5. The molecule has 0 rings (SSSR count). The van der Waals surface area contributed by atoms with E-state index < -0.39 is 0 Å². The standard InChI is InChI=1S/C11H24N2O2/c1-5-11(3,4)13-10(15)12-9(2)7-6-8-14/h9,14H,5-8H2,1-4H3,(H2,12,13,15). The molecule has 0 spiro atoms. The van der Waals surface area contributed by atoms with Crippen LogP contribution >= 0.6 is 0 Å². The molecule has 0 aromatic rings. The van der Waals surface area contributed by atoms with E-state index in [2.05, 4.69) is 10.6 Å². The number of rotatable bonds is 6. The third-order valence-corrected chi connectivity index (χ3v) is 2.51. The smallest absolute Gasteiger partial charge is 0.315 e. The predicted octanol–water partition coefficient (Wildman–Crippen LogP) is 1.64. The minimum absolute atomic E-state index is 0.102. The molecule has 4 nitrogen and oxygen atoms in total. The molecule has 0 bridgehead atoms. The molecule has 15 heavy (non-hydrogen) atoms. The van der Waals surface area contributed by atoms with E-state index in [-0.39, 0.29) is 24.2 Å². The van der Waals surface area contributed by atoms with Crippen LogP contribution in [0.1, 0.15) is 47.0 Å². The van der Waals surface area contributed by atoms with Crippen LogP contribution in [0, 0.1) is 0 Å². The summed E-state index contributed by atoms with van der Waals surface area (Å²) in [6.45, 7) is 8.13. The lowest BCUT2D eigenvalue weighted by Crippen LogP contribution is -2.50. The zero-order valence-corrected chi connectivity index (χ0v) is 10.3. The Hall–Kier alpha value is -0.770. The Labute approximate surface area is 92.4 Å². The van der Waals surface area contributed by atoms with E-state index >= 15 is 0 Å². The lowest BCUT2D eigenvalue weighted by Gasteiger charge is -2.25. The number of hydrogen-bond donors (Lipinski definition) is 3. The van der Waals surface area contributed by atoms with E-state index in [4.69, 9.17) is 5.11 Å². The average Bonchev–Trinajstić information content (AvgIpc) is 2.13. The van der Waals surface area contributed by atoms with E-state index in [1.54, 1.807) is 0 Å². The number of aliphatic hydroxyl groups is 1. The summed E-state index contributed by atoms with van der Waals surface area (Å²) < 4.78 is 0. The third kappa shape index (κ3) is 7.19. The molecule has 0 aromatic heterocycles. The lowest BCUT2D eigenvalue weighted by atomic mass is 10.0. The zero-order chi connectivity index (χ0) is 11.9. The Bertz CT molecular complexity index is 193. The molecule has 4 heteroatoms. The highest BCUT2D eigenvalue weighted by molar-refractivity contribution is 5.74. The molecule has 0 aromatic carbocycles. The summed E-state index contributed by atoms with van der Waals surface area (Å²) in [4.78, 5) is 11.5. The topological polar surface area (TPSA) is 61.4 Å². The number of hydrogen-bond acceptors (Lipinski definition) is 2. The van der Waals surface area contributed by atoms with Crippen LogP contribution < -0.4 is 10.6 Å². The first-order valence-electron chi connectivity index (χ1n) is 5.61. The molecule has 2 amide bonds. The van der Waals surface area contributed by atoms with Gasteiger partial charge in [0.25, 0.3) is 0 Å². The van der Waals surface area contributed by atoms with Crippen LogP contribution in [0.3, 0.4) is 0 Å². The number of aliphatic hydroxyl groups excluding tert-OH is 1. The summed E-state index contributed by atoms with van der Waals surface area (Å²) in [5, 5.41) is 14.4. The first kappa shape index (κ1) is 14.2. The summed E-state index contributed by atoms with van der Waals surface area (Å²) in [7, 11) is 0. The van der Waals surface area contributed by atoms with Crippen molar-refractivity contribution < 1.29 is 9.90 Å². The molecule has 0 saturated heterocycles. The Morgan fingerprint density at radius 2 is 2.07 bits per heavy atom. The van der Waals surface area contributed by atoms with Crippen LogP contribution in [0.5, 0.6) is 0 Å². The minimum Gasteiger partial charge on any atom is -0.396 e. The molecule has 90 valence electrons. The Kier molecular flexibility index (Phi) is 6.32. The van der Waals surface area contributed by atoms with E-state index in [0.29, 0.717) is 0 Å². The monoisotopic (exact) mass is 216 g/mol. The Balaban J connectivity index is 3.83. The van der Waals surface area contributed by atoms with Crippen LogP contribution in [-0.2, 0) is 0 Å². The maximum Gasteiger partial charge on any atom is 0.315 e. The summed E-state index contributed by atoms with van der Waals surface area (Å²) in [6.07, 6.45) is 2.42. The lowest BCUT2D eigenvalue weighted by molar-refractivity contribution is 0.223. The van der Waals surface area contributed by atoms with Crippen LogP contribution in [0.25, 0.3) is 0 Å². The van der Waals surface area contributed by atoms with Gasteiger partial charge in [-0.25, -0.2) is 4.79 Å². The first-order valence-corrected chi connectivity index (χ1v) is 5.61. The third-order valence-electron chi connectivity index (χ3n) is 2.51. The van der Waals surface area contributed by atoms with Gasteiger partial charge in [0.05, 0.1) is 0 Å². The van der Waals surface area contributed by atoms with Gasteiger partial charge >= 0.3 is 6.03 Å². The van der Waals surface area contributed by atoms with Gasteiger partial charge in [-0.05, 0) is 40.0 Å². The number of urea groups is 1. The van der Waals surface area contributed by atoms with Crippen molar-refractivity contribution >= 4 is 6.03 Å². The molecule has 0 aliphatic heterocycles. The van der Waals surface area contributed by atoms with Gasteiger partial charge in [-0.3, -0.25) is 0 Å². The van der Waals surface area contributed by atoms with Crippen molar-refractivity contribution in [1.82, 2.24) is 10.6 Å². The van der Waals surface area contributed by atoms with Crippen molar-refractivity contribution in [2.45, 2.75) is 58.5 Å². The molecule has 3 N–H and O–H groups in total. The van der Waals surface area contributed by atoms with Crippen molar-refractivity contribution in [2.24, 2.45) is 0 Å². The number of amides is 2. The zero-order valence-electron chi connectivity index (χ0n) is 10.3. The van der Waals surface area contributed by atoms with Crippen LogP contribution in [0.2, 0.25) is 0 Å². The van der Waals surface area contributed by atoms with Crippen molar-refractivity contribution in [3.05, 3.63) is 0 Å². The van der Waals surface area contributed by atoms with Gasteiger partial charge in [0.1, 0.15) is 0 Å². The molecular weight excluding hydrogens is 192 g/mol. The van der Waals surface area contributed by atoms with Gasteiger partial charge in [-0.15, -0.1) is 0 Å². The fraction of sp³-hybridized carbons (Fsp3) is 0.909. The largest absolute Gasteiger partial charge is 0.396 e. The van der Waals surface area contributed by atoms with E-state index in [1.165, 1.54) is 0 Å². The summed E-state index contributed by atoms with van der Waals surface area (Å²) >= 11 is 0. The fourth-order valence-electron chi connectivity index (χ4n) is 1.13. The van der Waals surface area contributed by atoms with Gasteiger partial charge in [0.2, 0.25) is 0 Å². The van der Waals surface area contributed by atoms with E-state index in [0.717, 1.165) is 19.3 Å². The van der Waals surface area contributed by atoms with Gasteiger partial charge in [0.15, 0.2) is 0 Å². The molecule has 0 aliphatic rings. The van der Waals surface area contributed by atoms with E-state index in [1.807, 2.05) is 27.7 Å². The minimum atomic E-state index is -0.166. The summed E-state index contributed by atoms with van der Waals surface area (Å²) in [5.74, 6) is 0. The summed E-state index contributed by atoms with van der Waals surface area (Å²) in [6, 6.07) is -0.0305. The van der Waals surface area contributed by atoms with E-state index in [9.17, 15) is 4.79 Å². The van der Waals surface area contributed by atoms with Crippen LogP contribution in [0.15, 0.2) is 0 Å². The van der Waals surface area contributed by atoms with Gasteiger partial charge in [0, 0.05) is 18.2 Å². The predicted molar refractivity (Wildman–Crippen MR) is 61.8 cm³/mol. The highest BCUT2D eigenvalue weighted by Crippen LogP contribution is 2.06. The molecule has 1 unspecified atom stereocenters. The fourth-order valence-corrected chi connectivity index (χ4v) is 1.13. The summed E-state index contributed by atoms with van der Waals surface area (Å²) in [5.41, 5.74) is -0.166.